The largest absolute Gasteiger partial charge is 0.497 e. The molecule has 0 aliphatic rings. The zero-order valence-corrected chi connectivity index (χ0v) is 11.2. The van der Waals surface area contributed by atoms with E-state index in [1.165, 1.54) is 18.3 Å². The van der Waals surface area contributed by atoms with Crippen molar-refractivity contribution in [3.63, 3.8) is 0 Å². The van der Waals surface area contributed by atoms with Crippen molar-refractivity contribution in [3.8, 4) is 5.75 Å². The van der Waals surface area contributed by atoms with Gasteiger partial charge in [0.15, 0.2) is 5.13 Å². The third-order valence-corrected chi connectivity index (χ3v) is 3.52. The van der Waals surface area contributed by atoms with Gasteiger partial charge in [0.25, 0.3) is 0 Å². The first-order valence-corrected chi connectivity index (χ1v) is 6.31. The Hall–Kier alpha value is -2.15. The summed E-state index contributed by atoms with van der Waals surface area (Å²) in [6.45, 7) is 1.33. The minimum atomic E-state index is -1.17. The molecule has 1 atom stereocenters. The molecule has 0 radical (unpaired) electrons. The molecule has 1 aromatic heterocycles. The molecule has 0 bridgehead atoms. The summed E-state index contributed by atoms with van der Waals surface area (Å²) in [5.41, 5.74) is 0.726. The van der Waals surface area contributed by atoms with Crippen molar-refractivity contribution < 1.29 is 19.4 Å². The second-order valence-corrected chi connectivity index (χ2v) is 4.93. The van der Waals surface area contributed by atoms with Crippen LogP contribution in [0.25, 0.3) is 10.2 Å². The van der Waals surface area contributed by atoms with Crippen molar-refractivity contribution in [2.45, 2.75) is 6.92 Å². The van der Waals surface area contributed by atoms with Crippen LogP contribution in [0.2, 0.25) is 0 Å². The van der Waals surface area contributed by atoms with Crippen LogP contribution in [-0.4, -0.2) is 29.1 Å². The minimum Gasteiger partial charge on any atom is -0.497 e. The predicted molar refractivity (Wildman–Crippen MR) is 71.6 cm³/mol. The van der Waals surface area contributed by atoms with Gasteiger partial charge in [0.2, 0.25) is 5.91 Å². The van der Waals surface area contributed by atoms with Gasteiger partial charge < -0.3 is 15.2 Å². The molecule has 1 aromatic carbocycles. The van der Waals surface area contributed by atoms with Crippen LogP contribution >= 0.6 is 11.3 Å². The average Bonchev–Trinajstić information content (AvgIpc) is 2.78. The summed E-state index contributed by atoms with van der Waals surface area (Å²) in [4.78, 5) is 26.5. The van der Waals surface area contributed by atoms with Crippen LogP contribution in [0.5, 0.6) is 5.75 Å². The van der Waals surface area contributed by atoms with E-state index in [0.717, 1.165) is 10.2 Å². The predicted octanol–water partition coefficient (Wildman–Crippen LogP) is 1.96. The maximum absolute atomic E-state index is 11.6. The number of methoxy groups -OCH3 is 1. The van der Waals surface area contributed by atoms with Crippen molar-refractivity contribution in [2.24, 2.45) is 5.92 Å². The average molecular weight is 280 g/mol. The molecule has 7 heteroatoms. The summed E-state index contributed by atoms with van der Waals surface area (Å²) in [5.74, 6) is -2.16. The second kappa shape index (κ2) is 5.23. The minimum absolute atomic E-state index is 0.376. The van der Waals surface area contributed by atoms with Crippen molar-refractivity contribution >= 4 is 38.6 Å². The number of aliphatic carboxylic acids is 1. The van der Waals surface area contributed by atoms with E-state index in [9.17, 15) is 9.59 Å². The number of fused-ring (bicyclic) bond motifs is 1. The number of carboxylic acids is 1. The first kappa shape index (κ1) is 13.3. The van der Waals surface area contributed by atoms with Gasteiger partial charge >= 0.3 is 5.97 Å². The zero-order chi connectivity index (χ0) is 14.0. The van der Waals surface area contributed by atoms with E-state index in [4.69, 9.17) is 9.84 Å². The topological polar surface area (TPSA) is 88.5 Å². The van der Waals surface area contributed by atoms with Crippen LogP contribution in [-0.2, 0) is 9.59 Å². The number of ether oxygens (including phenoxy) is 1. The molecule has 0 aliphatic heterocycles. The molecule has 1 unspecified atom stereocenters. The lowest BCUT2D eigenvalue weighted by atomic mass is 10.2. The summed E-state index contributed by atoms with van der Waals surface area (Å²) < 4.78 is 5.96. The first-order valence-electron chi connectivity index (χ1n) is 5.49. The molecule has 19 heavy (non-hydrogen) atoms. The number of aromatic nitrogens is 1. The lowest BCUT2D eigenvalue weighted by Gasteiger charge is -2.04. The van der Waals surface area contributed by atoms with Crippen LogP contribution < -0.4 is 10.1 Å². The Balaban J connectivity index is 2.22. The van der Waals surface area contributed by atoms with Crippen LogP contribution in [0.3, 0.4) is 0 Å². The first-order chi connectivity index (χ1) is 9.01. The Morgan fingerprint density at radius 1 is 1.47 bits per heavy atom. The smallest absolute Gasteiger partial charge is 0.315 e. The van der Waals surface area contributed by atoms with Crippen molar-refractivity contribution in [2.75, 3.05) is 12.4 Å². The number of hydrogen-bond acceptors (Lipinski definition) is 5. The highest BCUT2D eigenvalue weighted by Gasteiger charge is 2.21. The fourth-order valence-electron chi connectivity index (χ4n) is 1.41. The van der Waals surface area contributed by atoms with Gasteiger partial charge in [0, 0.05) is 0 Å². The van der Waals surface area contributed by atoms with Crippen LogP contribution in [0, 0.1) is 5.92 Å². The number of carbonyl (C=O) groups is 2. The number of anilines is 1. The molecular formula is C12H12N2O4S. The summed E-state index contributed by atoms with van der Waals surface area (Å²) >= 11 is 1.27. The molecule has 0 saturated carbocycles. The van der Waals surface area contributed by atoms with E-state index in [1.54, 1.807) is 19.2 Å². The summed E-state index contributed by atoms with van der Waals surface area (Å²) in [6.07, 6.45) is 0. The van der Waals surface area contributed by atoms with E-state index in [0.29, 0.717) is 10.9 Å². The standard InChI is InChI=1S/C12H12N2O4S/c1-6(11(16)17)10(15)14-12-13-8-4-3-7(18-2)5-9(8)19-12/h3-6H,1-2H3,(H,16,17)(H,13,14,15). The number of hydrogen-bond donors (Lipinski definition) is 2. The van der Waals surface area contributed by atoms with Gasteiger partial charge in [-0.25, -0.2) is 4.98 Å². The van der Waals surface area contributed by atoms with Gasteiger partial charge in [0.1, 0.15) is 11.7 Å². The maximum atomic E-state index is 11.6. The fourth-order valence-corrected chi connectivity index (χ4v) is 2.31. The number of nitrogens with one attached hydrogen (secondary N) is 1. The van der Waals surface area contributed by atoms with Crippen LogP contribution in [0.1, 0.15) is 6.92 Å². The molecule has 0 spiro atoms. The monoisotopic (exact) mass is 280 g/mol. The molecule has 2 aromatic rings. The van der Waals surface area contributed by atoms with Gasteiger partial charge in [0.05, 0.1) is 17.3 Å². The molecular weight excluding hydrogens is 268 g/mol. The number of nitrogens with zero attached hydrogens (tertiary/aromatic N) is 1. The highest BCUT2D eigenvalue weighted by atomic mass is 32.1. The molecule has 1 amide bonds. The number of amides is 1. The number of thiazole rings is 1. The van der Waals surface area contributed by atoms with Crippen molar-refractivity contribution in [1.82, 2.24) is 4.98 Å². The van der Waals surface area contributed by atoms with E-state index in [-0.39, 0.29) is 0 Å². The molecule has 0 fully saturated rings. The normalized spacial score (nSPS) is 12.1. The number of benzene rings is 1. The molecule has 2 N–H and O–H groups in total. The number of rotatable bonds is 4. The van der Waals surface area contributed by atoms with Gasteiger partial charge in [-0.3, -0.25) is 9.59 Å². The molecule has 0 saturated heterocycles. The van der Waals surface area contributed by atoms with Gasteiger partial charge in [-0.1, -0.05) is 11.3 Å². The third kappa shape index (κ3) is 2.82. The Kier molecular flexibility index (Phi) is 3.66. The Labute approximate surface area is 113 Å². The highest BCUT2D eigenvalue weighted by molar-refractivity contribution is 7.22. The summed E-state index contributed by atoms with van der Waals surface area (Å²) in [5, 5.41) is 11.6. The Morgan fingerprint density at radius 2 is 2.21 bits per heavy atom. The summed E-state index contributed by atoms with van der Waals surface area (Å²) in [7, 11) is 1.57. The zero-order valence-electron chi connectivity index (χ0n) is 10.3. The molecule has 100 valence electrons. The fraction of sp³-hybridized carbons (Fsp3) is 0.250. The molecule has 1 heterocycles. The Morgan fingerprint density at radius 3 is 2.84 bits per heavy atom. The van der Waals surface area contributed by atoms with E-state index in [1.807, 2.05) is 6.07 Å². The van der Waals surface area contributed by atoms with Gasteiger partial charge in [-0.15, -0.1) is 0 Å². The van der Waals surface area contributed by atoms with Crippen molar-refractivity contribution in [3.05, 3.63) is 18.2 Å². The van der Waals surface area contributed by atoms with Gasteiger partial charge in [-0.2, -0.15) is 0 Å². The van der Waals surface area contributed by atoms with Crippen LogP contribution in [0.4, 0.5) is 5.13 Å². The molecule has 6 nitrogen and oxygen atoms in total. The SMILES string of the molecule is COc1ccc2nc(NC(=O)C(C)C(=O)O)sc2c1. The van der Waals surface area contributed by atoms with E-state index < -0.39 is 17.8 Å². The lowest BCUT2D eigenvalue weighted by Crippen LogP contribution is -2.26. The summed E-state index contributed by atoms with van der Waals surface area (Å²) in [6, 6.07) is 5.36. The highest BCUT2D eigenvalue weighted by Crippen LogP contribution is 2.29. The molecule has 0 aliphatic carbocycles. The van der Waals surface area contributed by atoms with E-state index >= 15 is 0 Å². The Bertz CT molecular complexity index is 638. The number of carboxylic acid groups (broad SMARTS) is 1. The van der Waals surface area contributed by atoms with Crippen LogP contribution in [0.15, 0.2) is 18.2 Å². The number of carbonyl (C=O) groups excluding carboxylic acids is 1. The molecule has 2 rings (SSSR count). The van der Waals surface area contributed by atoms with Gasteiger partial charge in [-0.05, 0) is 25.1 Å². The second-order valence-electron chi connectivity index (χ2n) is 3.90. The quantitative estimate of drug-likeness (QED) is 0.836. The lowest BCUT2D eigenvalue weighted by molar-refractivity contribution is -0.144. The van der Waals surface area contributed by atoms with Crippen molar-refractivity contribution in [1.29, 1.82) is 0 Å². The third-order valence-electron chi connectivity index (χ3n) is 2.59. The van der Waals surface area contributed by atoms with E-state index in [2.05, 4.69) is 10.3 Å². The maximum Gasteiger partial charge on any atom is 0.315 e.